The Hall–Kier alpha value is 0.0700. The number of benzene rings is 1. The Morgan fingerprint density at radius 1 is 1.33 bits per heavy atom. The predicted molar refractivity (Wildman–Crippen MR) is 85.6 cm³/mol. The first kappa shape index (κ1) is 14.5. The van der Waals surface area contributed by atoms with Gasteiger partial charge in [-0.05, 0) is 11.6 Å². The van der Waals surface area contributed by atoms with Crippen LogP contribution in [-0.2, 0) is 11.2 Å². The number of carbonyl (C=O) groups is 1. The molecule has 3 atom stereocenters. The van der Waals surface area contributed by atoms with E-state index in [2.05, 4.69) is 29.8 Å². The first-order chi connectivity index (χ1) is 8.58. The van der Waals surface area contributed by atoms with Gasteiger partial charge in [-0.1, -0.05) is 48.0 Å². The van der Waals surface area contributed by atoms with E-state index in [4.69, 9.17) is 0 Å². The highest BCUT2D eigenvalue weighted by atomic mass is 79.9. The summed E-state index contributed by atoms with van der Waals surface area (Å²) in [4.78, 5) is 12.3. The number of ketones is 1. The lowest BCUT2D eigenvalue weighted by atomic mass is 10.1. The van der Waals surface area contributed by atoms with Gasteiger partial charge in [0.15, 0.2) is 5.78 Å². The van der Waals surface area contributed by atoms with E-state index in [1.807, 2.05) is 47.8 Å². The van der Waals surface area contributed by atoms with Gasteiger partial charge in [-0.2, -0.15) is 11.8 Å². The maximum Gasteiger partial charge on any atom is 0.151 e. The highest BCUT2D eigenvalue weighted by molar-refractivity contribution is 9.10. The van der Waals surface area contributed by atoms with Gasteiger partial charge >= 0.3 is 0 Å². The van der Waals surface area contributed by atoms with E-state index >= 15 is 0 Å². The van der Waals surface area contributed by atoms with Crippen molar-refractivity contribution in [3.63, 3.8) is 0 Å². The molecule has 1 nitrogen and oxygen atoms in total. The number of hydrogen-bond donors (Lipinski definition) is 0. The molecule has 0 aliphatic carbocycles. The Morgan fingerprint density at radius 3 is 2.72 bits per heavy atom. The molecule has 0 radical (unpaired) electrons. The van der Waals surface area contributed by atoms with Gasteiger partial charge < -0.3 is 0 Å². The van der Waals surface area contributed by atoms with Crippen molar-refractivity contribution in [2.75, 3.05) is 5.75 Å². The predicted octanol–water partition coefficient (Wildman–Crippen LogP) is 4.19. The molecule has 0 aromatic heterocycles. The van der Waals surface area contributed by atoms with Gasteiger partial charge in [0.25, 0.3) is 0 Å². The van der Waals surface area contributed by atoms with Crippen molar-refractivity contribution >= 4 is 45.2 Å². The quantitative estimate of drug-likeness (QED) is 0.818. The molecule has 18 heavy (non-hydrogen) atoms. The van der Waals surface area contributed by atoms with Crippen LogP contribution in [0.4, 0.5) is 0 Å². The zero-order valence-corrected chi connectivity index (χ0v) is 13.8. The molecule has 0 spiro atoms. The largest absolute Gasteiger partial charge is 0.298 e. The van der Waals surface area contributed by atoms with Crippen LogP contribution in [0.3, 0.4) is 0 Å². The van der Waals surface area contributed by atoms with Crippen LogP contribution >= 0.6 is 39.5 Å². The normalized spacial score (nSPS) is 28.1. The van der Waals surface area contributed by atoms with Crippen molar-refractivity contribution in [2.45, 2.75) is 36.0 Å². The van der Waals surface area contributed by atoms with Crippen LogP contribution in [-0.4, -0.2) is 27.3 Å². The number of hydrogen-bond acceptors (Lipinski definition) is 3. The van der Waals surface area contributed by atoms with Gasteiger partial charge in [0.1, 0.15) is 0 Å². The topological polar surface area (TPSA) is 17.1 Å². The Kier molecular flexibility index (Phi) is 5.22. The molecule has 0 bridgehead atoms. The molecule has 1 aromatic rings. The molecular weight excluding hydrogens is 328 g/mol. The van der Waals surface area contributed by atoms with Gasteiger partial charge in [0.05, 0.1) is 5.25 Å². The smallest absolute Gasteiger partial charge is 0.151 e. The summed E-state index contributed by atoms with van der Waals surface area (Å²) in [7, 11) is 0. The highest BCUT2D eigenvalue weighted by Crippen LogP contribution is 2.36. The first-order valence-electron chi connectivity index (χ1n) is 6.11. The van der Waals surface area contributed by atoms with Crippen molar-refractivity contribution < 1.29 is 4.79 Å². The summed E-state index contributed by atoms with van der Waals surface area (Å²) in [6.07, 6.45) is 0.542. The van der Waals surface area contributed by atoms with Gasteiger partial charge in [0.2, 0.25) is 0 Å². The Morgan fingerprint density at radius 2 is 2.06 bits per heavy atom. The molecule has 1 aromatic carbocycles. The summed E-state index contributed by atoms with van der Waals surface area (Å²) in [5, 5.41) is 1.38. The molecule has 1 saturated heterocycles. The number of halogens is 1. The summed E-state index contributed by atoms with van der Waals surface area (Å²) in [6, 6.07) is 7.98. The second-order valence-corrected chi connectivity index (χ2v) is 8.45. The maximum absolute atomic E-state index is 12.3. The standard InChI is InChI=1S/C14H17BrOS2/c1-9-10(2)18-14(8-17-9)13(16)7-11-5-3-4-6-12(11)15/h3-6,9-10,14H,7-8H2,1-2H3. The van der Waals surface area contributed by atoms with Crippen molar-refractivity contribution in [1.29, 1.82) is 0 Å². The van der Waals surface area contributed by atoms with Crippen molar-refractivity contribution in [3.05, 3.63) is 34.3 Å². The Balaban J connectivity index is 1.99. The van der Waals surface area contributed by atoms with Crippen LogP contribution in [0.15, 0.2) is 28.7 Å². The Labute approximate surface area is 126 Å². The van der Waals surface area contributed by atoms with Gasteiger partial charge in [-0.15, -0.1) is 11.8 Å². The lowest BCUT2D eigenvalue weighted by molar-refractivity contribution is -0.117. The van der Waals surface area contributed by atoms with E-state index in [9.17, 15) is 4.79 Å². The second kappa shape index (κ2) is 6.49. The van der Waals surface area contributed by atoms with E-state index in [1.165, 1.54) is 0 Å². The number of Topliss-reactive ketones (excluding diaryl/α,β-unsaturated/α-hetero) is 1. The minimum atomic E-state index is 0.160. The Bertz CT molecular complexity index is 436. The number of carbonyl (C=O) groups excluding carboxylic acids is 1. The van der Waals surface area contributed by atoms with Crippen LogP contribution in [0.5, 0.6) is 0 Å². The van der Waals surface area contributed by atoms with Gasteiger partial charge in [-0.25, -0.2) is 0 Å². The van der Waals surface area contributed by atoms with E-state index < -0.39 is 0 Å². The number of thioether (sulfide) groups is 2. The molecule has 98 valence electrons. The molecule has 0 N–H and O–H groups in total. The fourth-order valence-electron chi connectivity index (χ4n) is 1.90. The van der Waals surface area contributed by atoms with Crippen LogP contribution in [0.25, 0.3) is 0 Å². The van der Waals surface area contributed by atoms with Crippen molar-refractivity contribution in [3.8, 4) is 0 Å². The minimum Gasteiger partial charge on any atom is -0.298 e. The summed E-state index contributed by atoms with van der Waals surface area (Å²) in [5.41, 5.74) is 1.10. The molecule has 2 rings (SSSR count). The third kappa shape index (κ3) is 3.55. The molecule has 0 saturated carbocycles. The molecule has 0 amide bonds. The zero-order chi connectivity index (χ0) is 13.1. The molecule has 3 unspecified atom stereocenters. The van der Waals surface area contributed by atoms with Crippen LogP contribution in [0, 0.1) is 0 Å². The van der Waals surface area contributed by atoms with Crippen molar-refractivity contribution in [1.82, 2.24) is 0 Å². The van der Waals surface area contributed by atoms with Crippen LogP contribution in [0.2, 0.25) is 0 Å². The lowest BCUT2D eigenvalue weighted by Gasteiger charge is -2.30. The highest BCUT2D eigenvalue weighted by Gasteiger charge is 2.30. The minimum absolute atomic E-state index is 0.160. The maximum atomic E-state index is 12.3. The molecule has 4 heteroatoms. The first-order valence-corrected chi connectivity index (χ1v) is 8.89. The number of rotatable bonds is 3. The summed E-state index contributed by atoms with van der Waals surface area (Å²) < 4.78 is 1.04. The van der Waals surface area contributed by atoms with Gasteiger partial charge in [0, 0.05) is 27.1 Å². The summed E-state index contributed by atoms with van der Waals surface area (Å²) in [5.74, 6) is 1.32. The molecule has 1 aliphatic rings. The lowest BCUT2D eigenvalue weighted by Crippen LogP contribution is -2.32. The zero-order valence-electron chi connectivity index (χ0n) is 10.6. The SMILES string of the molecule is CC1SCC(C(=O)Cc2ccccc2Br)SC1C. The molecular formula is C14H17BrOS2. The van der Waals surface area contributed by atoms with Crippen molar-refractivity contribution in [2.24, 2.45) is 0 Å². The molecule has 1 fully saturated rings. The van der Waals surface area contributed by atoms with Crippen LogP contribution in [0.1, 0.15) is 19.4 Å². The summed E-state index contributed by atoms with van der Waals surface area (Å²) >= 11 is 7.27. The third-order valence-electron chi connectivity index (χ3n) is 3.23. The van der Waals surface area contributed by atoms with E-state index in [-0.39, 0.29) is 5.25 Å². The molecule has 1 aliphatic heterocycles. The second-order valence-electron chi connectivity index (χ2n) is 4.60. The van der Waals surface area contributed by atoms with Crippen LogP contribution < -0.4 is 0 Å². The fraction of sp³-hybridized carbons (Fsp3) is 0.500. The van der Waals surface area contributed by atoms with E-state index in [1.54, 1.807) is 0 Å². The fourth-order valence-corrected chi connectivity index (χ4v) is 5.21. The van der Waals surface area contributed by atoms with E-state index in [0.717, 1.165) is 15.8 Å². The monoisotopic (exact) mass is 344 g/mol. The summed E-state index contributed by atoms with van der Waals surface area (Å²) in [6.45, 7) is 4.47. The average molecular weight is 345 g/mol. The third-order valence-corrected chi connectivity index (χ3v) is 7.44. The molecule has 1 heterocycles. The van der Waals surface area contributed by atoms with E-state index in [0.29, 0.717) is 22.7 Å². The average Bonchev–Trinajstić information content (AvgIpc) is 2.35. The van der Waals surface area contributed by atoms with Gasteiger partial charge in [-0.3, -0.25) is 4.79 Å².